The van der Waals surface area contributed by atoms with Gasteiger partial charge in [0.15, 0.2) is 0 Å². The zero-order chi connectivity index (χ0) is 13.3. The zero-order valence-corrected chi connectivity index (χ0v) is 11.2. The molecule has 2 aromatic rings. The number of nitrogens with zero attached hydrogens (tertiary/aromatic N) is 2. The number of hydrogen-bond donors (Lipinski definition) is 1. The number of aromatic nitrogens is 2. The molecular formula is C13H16ClN3O. The molecule has 0 bridgehead atoms. The van der Waals surface area contributed by atoms with Crippen LogP contribution in [-0.4, -0.2) is 15.5 Å². The first-order chi connectivity index (χ1) is 8.50. The molecule has 0 fully saturated rings. The highest BCUT2D eigenvalue weighted by Gasteiger charge is 2.19. The first-order valence-electron chi connectivity index (χ1n) is 5.90. The van der Waals surface area contributed by atoms with Gasteiger partial charge in [-0.05, 0) is 26.0 Å². The number of halogens is 1. The lowest BCUT2D eigenvalue weighted by Crippen LogP contribution is -2.19. The Bertz CT molecular complexity index is 577. The molecule has 0 radical (unpaired) electrons. The Balaban J connectivity index is 2.58. The number of imidazole rings is 1. The van der Waals surface area contributed by atoms with Gasteiger partial charge in [0.2, 0.25) is 5.91 Å². The fourth-order valence-corrected chi connectivity index (χ4v) is 2.34. The highest BCUT2D eigenvalue weighted by Crippen LogP contribution is 2.28. The molecule has 2 N–H and O–H groups in total. The molecule has 1 amide bonds. The maximum Gasteiger partial charge on any atom is 0.219 e. The number of para-hydroxylation sites is 2. The van der Waals surface area contributed by atoms with E-state index in [1.165, 1.54) is 0 Å². The molecular weight excluding hydrogens is 250 g/mol. The summed E-state index contributed by atoms with van der Waals surface area (Å²) in [6, 6.07) is 7.74. The summed E-state index contributed by atoms with van der Waals surface area (Å²) in [4.78, 5) is 15.6. The van der Waals surface area contributed by atoms with Gasteiger partial charge in [-0.3, -0.25) is 4.79 Å². The SMILES string of the molecule is CC(Cl)c1nc2ccccc2n1C(C)CC(N)=O. The molecule has 0 saturated carbocycles. The molecule has 0 spiro atoms. The van der Waals surface area contributed by atoms with Crippen LogP contribution in [0.3, 0.4) is 0 Å². The fourth-order valence-electron chi connectivity index (χ4n) is 2.19. The standard InChI is InChI=1S/C13H16ClN3O/c1-8(7-12(15)18)17-11-6-4-3-5-10(11)16-13(17)9(2)14/h3-6,8-9H,7H2,1-2H3,(H2,15,18). The fraction of sp³-hybridized carbons (Fsp3) is 0.385. The topological polar surface area (TPSA) is 60.9 Å². The summed E-state index contributed by atoms with van der Waals surface area (Å²) >= 11 is 6.16. The number of nitrogens with two attached hydrogens (primary N) is 1. The monoisotopic (exact) mass is 265 g/mol. The molecule has 2 rings (SSSR count). The van der Waals surface area contributed by atoms with Crippen molar-refractivity contribution in [2.24, 2.45) is 5.73 Å². The predicted octanol–water partition coefficient (Wildman–Crippen LogP) is 2.77. The average molecular weight is 266 g/mol. The molecule has 1 aromatic heterocycles. The van der Waals surface area contributed by atoms with Crippen molar-refractivity contribution in [1.82, 2.24) is 9.55 Å². The summed E-state index contributed by atoms with van der Waals surface area (Å²) in [7, 11) is 0. The minimum Gasteiger partial charge on any atom is -0.370 e. The molecule has 2 unspecified atom stereocenters. The summed E-state index contributed by atoms with van der Waals surface area (Å²) in [6.45, 7) is 3.82. The lowest BCUT2D eigenvalue weighted by molar-refractivity contribution is -0.118. The second-order valence-electron chi connectivity index (χ2n) is 4.46. The number of benzene rings is 1. The highest BCUT2D eigenvalue weighted by atomic mass is 35.5. The Morgan fingerprint density at radius 2 is 2.11 bits per heavy atom. The summed E-state index contributed by atoms with van der Waals surface area (Å²) in [5, 5.41) is -0.215. The first-order valence-corrected chi connectivity index (χ1v) is 6.33. The van der Waals surface area contributed by atoms with E-state index in [2.05, 4.69) is 4.98 Å². The number of fused-ring (bicyclic) bond motifs is 1. The van der Waals surface area contributed by atoms with Crippen LogP contribution in [0.4, 0.5) is 0 Å². The van der Waals surface area contributed by atoms with E-state index in [1.54, 1.807) is 0 Å². The number of amides is 1. The molecule has 4 nitrogen and oxygen atoms in total. The van der Waals surface area contributed by atoms with Gasteiger partial charge in [-0.2, -0.15) is 0 Å². The maximum absolute atomic E-state index is 11.1. The van der Waals surface area contributed by atoms with E-state index in [0.717, 1.165) is 16.9 Å². The molecule has 1 aromatic carbocycles. The summed E-state index contributed by atoms with van der Waals surface area (Å²) < 4.78 is 2.00. The van der Waals surface area contributed by atoms with E-state index in [-0.39, 0.29) is 23.7 Å². The van der Waals surface area contributed by atoms with Crippen LogP contribution in [0.1, 0.15) is 37.5 Å². The minimum absolute atomic E-state index is 0.0499. The Morgan fingerprint density at radius 3 is 2.72 bits per heavy atom. The van der Waals surface area contributed by atoms with Crippen molar-refractivity contribution in [2.75, 3.05) is 0 Å². The molecule has 2 atom stereocenters. The number of hydrogen-bond acceptors (Lipinski definition) is 2. The van der Waals surface area contributed by atoms with Crippen molar-refractivity contribution in [3.05, 3.63) is 30.1 Å². The Labute approximate surface area is 111 Å². The quantitative estimate of drug-likeness (QED) is 0.864. The van der Waals surface area contributed by atoms with Crippen molar-refractivity contribution in [3.8, 4) is 0 Å². The largest absolute Gasteiger partial charge is 0.370 e. The van der Waals surface area contributed by atoms with Gasteiger partial charge < -0.3 is 10.3 Å². The van der Waals surface area contributed by atoms with Gasteiger partial charge in [-0.25, -0.2) is 4.98 Å². The number of carbonyl (C=O) groups is 1. The molecule has 0 aliphatic heterocycles. The van der Waals surface area contributed by atoms with Crippen LogP contribution in [-0.2, 0) is 4.79 Å². The average Bonchev–Trinajstić information content (AvgIpc) is 2.67. The molecule has 18 heavy (non-hydrogen) atoms. The van der Waals surface area contributed by atoms with Crippen LogP contribution in [0.15, 0.2) is 24.3 Å². The predicted molar refractivity (Wildman–Crippen MR) is 72.5 cm³/mol. The second kappa shape index (κ2) is 4.98. The normalized spacial score (nSPS) is 14.6. The van der Waals surface area contributed by atoms with E-state index in [1.807, 2.05) is 42.7 Å². The van der Waals surface area contributed by atoms with Crippen molar-refractivity contribution >= 4 is 28.5 Å². The third-order valence-corrected chi connectivity index (χ3v) is 3.11. The Hall–Kier alpha value is -1.55. The van der Waals surface area contributed by atoms with Crippen molar-refractivity contribution < 1.29 is 4.79 Å². The number of primary amides is 1. The van der Waals surface area contributed by atoms with Gasteiger partial charge in [0.25, 0.3) is 0 Å². The van der Waals surface area contributed by atoms with E-state index >= 15 is 0 Å². The maximum atomic E-state index is 11.1. The van der Waals surface area contributed by atoms with E-state index in [9.17, 15) is 4.79 Å². The van der Waals surface area contributed by atoms with Crippen molar-refractivity contribution in [1.29, 1.82) is 0 Å². The Morgan fingerprint density at radius 1 is 1.44 bits per heavy atom. The number of carbonyl (C=O) groups excluding carboxylic acids is 1. The third kappa shape index (κ3) is 2.34. The lowest BCUT2D eigenvalue weighted by atomic mass is 10.2. The Kier molecular flexibility index (Phi) is 3.57. The van der Waals surface area contributed by atoms with Gasteiger partial charge >= 0.3 is 0 Å². The smallest absolute Gasteiger partial charge is 0.219 e. The van der Waals surface area contributed by atoms with E-state index in [4.69, 9.17) is 17.3 Å². The zero-order valence-electron chi connectivity index (χ0n) is 10.4. The van der Waals surface area contributed by atoms with E-state index in [0.29, 0.717) is 0 Å². The molecule has 0 aliphatic carbocycles. The summed E-state index contributed by atoms with van der Waals surface area (Å²) in [6.07, 6.45) is 0.275. The second-order valence-corrected chi connectivity index (χ2v) is 5.12. The number of alkyl halides is 1. The molecule has 96 valence electrons. The van der Waals surface area contributed by atoms with Gasteiger partial charge in [-0.15, -0.1) is 11.6 Å². The summed E-state index contributed by atoms with van der Waals surface area (Å²) in [5.41, 5.74) is 7.13. The lowest BCUT2D eigenvalue weighted by Gasteiger charge is -2.17. The van der Waals surface area contributed by atoms with Gasteiger partial charge in [0, 0.05) is 12.5 Å². The molecule has 5 heteroatoms. The van der Waals surface area contributed by atoms with Gasteiger partial charge in [-0.1, -0.05) is 12.1 Å². The van der Waals surface area contributed by atoms with Gasteiger partial charge in [0.1, 0.15) is 5.82 Å². The van der Waals surface area contributed by atoms with Crippen LogP contribution < -0.4 is 5.73 Å². The van der Waals surface area contributed by atoms with Crippen LogP contribution in [0, 0.1) is 0 Å². The first kappa shape index (κ1) is 12.9. The van der Waals surface area contributed by atoms with Crippen LogP contribution in [0.2, 0.25) is 0 Å². The minimum atomic E-state index is -0.326. The summed E-state index contributed by atoms with van der Waals surface area (Å²) in [5.74, 6) is 0.445. The van der Waals surface area contributed by atoms with Crippen LogP contribution >= 0.6 is 11.6 Å². The number of rotatable bonds is 4. The van der Waals surface area contributed by atoms with Crippen molar-refractivity contribution in [2.45, 2.75) is 31.7 Å². The van der Waals surface area contributed by atoms with Gasteiger partial charge in [0.05, 0.1) is 16.4 Å². The van der Waals surface area contributed by atoms with Crippen LogP contribution in [0.5, 0.6) is 0 Å². The van der Waals surface area contributed by atoms with Crippen molar-refractivity contribution in [3.63, 3.8) is 0 Å². The molecule has 0 aliphatic rings. The third-order valence-electron chi connectivity index (χ3n) is 2.92. The van der Waals surface area contributed by atoms with Crippen LogP contribution in [0.25, 0.3) is 11.0 Å². The molecule has 1 heterocycles. The highest BCUT2D eigenvalue weighted by molar-refractivity contribution is 6.20. The molecule has 0 saturated heterocycles. The van der Waals surface area contributed by atoms with E-state index < -0.39 is 0 Å².